The summed E-state index contributed by atoms with van der Waals surface area (Å²) in [6.07, 6.45) is 8.56. The molecule has 24 heavy (non-hydrogen) atoms. The Morgan fingerprint density at radius 2 is 2.04 bits per heavy atom. The SMILES string of the molecule is CC=CCC(=O)NCc1cccnc1N(C)CCc1ccccn1. The van der Waals surface area contributed by atoms with Crippen LogP contribution in [0.25, 0.3) is 0 Å². The van der Waals surface area contributed by atoms with Crippen LogP contribution in [0, 0.1) is 0 Å². The monoisotopic (exact) mass is 324 g/mol. The number of nitrogens with one attached hydrogen (secondary N) is 1. The van der Waals surface area contributed by atoms with Crippen LogP contribution in [0.4, 0.5) is 5.82 Å². The third kappa shape index (κ3) is 5.50. The minimum absolute atomic E-state index is 0.0130. The van der Waals surface area contributed by atoms with Gasteiger partial charge in [0.15, 0.2) is 0 Å². The summed E-state index contributed by atoms with van der Waals surface area (Å²) in [5, 5.41) is 2.93. The molecule has 0 aliphatic carbocycles. The Morgan fingerprint density at radius 1 is 1.21 bits per heavy atom. The molecule has 0 fully saturated rings. The van der Waals surface area contributed by atoms with Crippen LogP contribution < -0.4 is 10.2 Å². The van der Waals surface area contributed by atoms with Gasteiger partial charge in [-0.05, 0) is 25.1 Å². The molecule has 5 nitrogen and oxygen atoms in total. The summed E-state index contributed by atoms with van der Waals surface area (Å²) in [6.45, 7) is 3.20. The van der Waals surface area contributed by atoms with Gasteiger partial charge in [-0.3, -0.25) is 9.78 Å². The molecule has 2 aromatic rings. The Hall–Kier alpha value is -2.69. The molecule has 2 rings (SSSR count). The maximum Gasteiger partial charge on any atom is 0.224 e. The topological polar surface area (TPSA) is 58.1 Å². The van der Waals surface area contributed by atoms with Gasteiger partial charge in [0.1, 0.15) is 5.82 Å². The Bertz CT molecular complexity index is 670. The van der Waals surface area contributed by atoms with Crippen molar-refractivity contribution in [3.8, 4) is 0 Å². The van der Waals surface area contributed by atoms with Crippen molar-refractivity contribution < 1.29 is 4.79 Å². The van der Waals surface area contributed by atoms with Crippen LogP contribution in [-0.2, 0) is 17.8 Å². The van der Waals surface area contributed by atoms with E-state index in [1.54, 1.807) is 6.20 Å². The first-order valence-electron chi connectivity index (χ1n) is 8.13. The summed E-state index contributed by atoms with van der Waals surface area (Å²) in [5.41, 5.74) is 2.07. The van der Waals surface area contributed by atoms with Crippen LogP contribution in [0.2, 0.25) is 0 Å². The van der Waals surface area contributed by atoms with Crippen molar-refractivity contribution in [2.75, 3.05) is 18.5 Å². The van der Waals surface area contributed by atoms with E-state index in [0.29, 0.717) is 13.0 Å². The van der Waals surface area contributed by atoms with Crippen LogP contribution in [-0.4, -0.2) is 29.5 Å². The Kier molecular flexibility index (Phi) is 6.95. The number of amides is 1. The van der Waals surface area contributed by atoms with Crippen molar-refractivity contribution in [1.29, 1.82) is 0 Å². The highest BCUT2D eigenvalue weighted by atomic mass is 16.1. The smallest absolute Gasteiger partial charge is 0.224 e. The first-order chi connectivity index (χ1) is 11.7. The first kappa shape index (κ1) is 17.7. The number of carbonyl (C=O) groups is 1. The highest BCUT2D eigenvalue weighted by Crippen LogP contribution is 2.16. The van der Waals surface area contributed by atoms with Gasteiger partial charge in [0.05, 0.1) is 0 Å². The van der Waals surface area contributed by atoms with Gasteiger partial charge >= 0.3 is 0 Å². The van der Waals surface area contributed by atoms with Crippen molar-refractivity contribution in [3.63, 3.8) is 0 Å². The van der Waals surface area contributed by atoms with E-state index in [9.17, 15) is 4.79 Å². The van der Waals surface area contributed by atoms with Crippen LogP contribution in [0.1, 0.15) is 24.6 Å². The summed E-state index contributed by atoms with van der Waals surface area (Å²) in [4.78, 5) is 22.7. The number of rotatable bonds is 8. The molecular weight excluding hydrogens is 300 g/mol. The predicted octanol–water partition coefficient (Wildman–Crippen LogP) is 2.74. The standard InChI is InChI=1S/C19H24N4O/c1-3-4-10-18(24)22-15-16-8-7-13-21-19(16)23(2)14-11-17-9-5-6-12-20-17/h3-9,12-13H,10-11,14-15H2,1-2H3,(H,22,24). The third-order valence-electron chi connectivity index (χ3n) is 3.67. The van der Waals surface area contributed by atoms with Crippen molar-refractivity contribution in [1.82, 2.24) is 15.3 Å². The van der Waals surface area contributed by atoms with E-state index < -0.39 is 0 Å². The highest BCUT2D eigenvalue weighted by Gasteiger charge is 2.10. The number of pyridine rings is 2. The zero-order valence-corrected chi connectivity index (χ0v) is 14.3. The second kappa shape index (κ2) is 9.45. The Labute approximate surface area is 143 Å². The Balaban J connectivity index is 1.95. The van der Waals surface area contributed by atoms with Crippen LogP contribution in [0.15, 0.2) is 54.9 Å². The molecule has 0 spiro atoms. The summed E-state index contributed by atoms with van der Waals surface area (Å²) < 4.78 is 0. The maximum atomic E-state index is 11.8. The second-order valence-electron chi connectivity index (χ2n) is 5.53. The van der Waals surface area contributed by atoms with Gasteiger partial charge in [-0.25, -0.2) is 4.98 Å². The predicted molar refractivity (Wildman–Crippen MR) is 96.7 cm³/mol. The zero-order chi connectivity index (χ0) is 17.2. The van der Waals surface area contributed by atoms with Gasteiger partial charge in [-0.15, -0.1) is 0 Å². The minimum Gasteiger partial charge on any atom is -0.359 e. The van der Waals surface area contributed by atoms with Gasteiger partial charge in [-0.2, -0.15) is 0 Å². The number of carbonyl (C=O) groups excluding carboxylic acids is 1. The number of allylic oxidation sites excluding steroid dienone is 1. The molecule has 126 valence electrons. The second-order valence-corrected chi connectivity index (χ2v) is 5.53. The molecule has 5 heteroatoms. The lowest BCUT2D eigenvalue weighted by molar-refractivity contribution is -0.120. The van der Waals surface area contributed by atoms with Gasteiger partial charge in [0.2, 0.25) is 5.91 Å². The van der Waals surface area contributed by atoms with E-state index in [1.807, 2.05) is 62.7 Å². The van der Waals surface area contributed by atoms with Gasteiger partial charge in [0, 0.05) is 56.6 Å². The number of hydrogen-bond donors (Lipinski definition) is 1. The van der Waals surface area contributed by atoms with E-state index in [0.717, 1.165) is 30.0 Å². The van der Waals surface area contributed by atoms with Gasteiger partial charge in [0.25, 0.3) is 0 Å². The van der Waals surface area contributed by atoms with E-state index >= 15 is 0 Å². The molecule has 0 aliphatic heterocycles. The molecule has 1 amide bonds. The molecule has 2 heterocycles. The van der Waals surface area contributed by atoms with Crippen molar-refractivity contribution in [3.05, 3.63) is 66.1 Å². The molecule has 0 saturated heterocycles. The summed E-state index contributed by atoms with van der Waals surface area (Å²) in [7, 11) is 2.01. The zero-order valence-electron chi connectivity index (χ0n) is 14.3. The summed E-state index contributed by atoms with van der Waals surface area (Å²) in [5.74, 6) is 0.902. The van der Waals surface area contributed by atoms with Crippen LogP contribution in [0.3, 0.4) is 0 Å². The molecule has 0 atom stereocenters. The molecule has 0 unspecified atom stereocenters. The van der Waals surface area contributed by atoms with Crippen molar-refractivity contribution >= 4 is 11.7 Å². The maximum absolute atomic E-state index is 11.8. The largest absolute Gasteiger partial charge is 0.359 e. The number of anilines is 1. The first-order valence-corrected chi connectivity index (χ1v) is 8.13. The summed E-state index contributed by atoms with van der Waals surface area (Å²) in [6, 6.07) is 9.82. The van der Waals surface area contributed by atoms with E-state index in [-0.39, 0.29) is 5.91 Å². The quantitative estimate of drug-likeness (QED) is 0.759. The fourth-order valence-electron chi connectivity index (χ4n) is 2.34. The number of aromatic nitrogens is 2. The lowest BCUT2D eigenvalue weighted by Crippen LogP contribution is -2.26. The summed E-state index contributed by atoms with van der Waals surface area (Å²) >= 11 is 0. The molecule has 0 aromatic carbocycles. The molecule has 0 radical (unpaired) electrons. The molecule has 0 aliphatic rings. The van der Waals surface area contributed by atoms with Crippen LogP contribution in [0.5, 0.6) is 0 Å². The van der Waals surface area contributed by atoms with Crippen molar-refractivity contribution in [2.45, 2.75) is 26.3 Å². The lowest BCUT2D eigenvalue weighted by atomic mass is 10.2. The average Bonchev–Trinajstić information content (AvgIpc) is 2.63. The molecule has 0 bridgehead atoms. The van der Waals surface area contributed by atoms with E-state index in [2.05, 4.69) is 20.2 Å². The molecule has 0 saturated carbocycles. The van der Waals surface area contributed by atoms with Crippen molar-refractivity contribution in [2.24, 2.45) is 0 Å². The number of nitrogens with zero attached hydrogens (tertiary/aromatic N) is 3. The molecule has 1 N–H and O–H groups in total. The molecule has 2 aromatic heterocycles. The number of hydrogen-bond acceptors (Lipinski definition) is 4. The Morgan fingerprint density at radius 3 is 2.79 bits per heavy atom. The van der Waals surface area contributed by atoms with E-state index in [1.165, 1.54) is 0 Å². The van der Waals surface area contributed by atoms with Crippen LogP contribution >= 0.6 is 0 Å². The third-order valence-corrected chi connectivity index (χ3v) is 3.67. The normalized spacial score (nSPS) is 10.8. The highest BCUT2D eigenvalue weighted by molar-refractivity contribution is 5.77. The molecular formula is C19H24N4O. The number of likely N-dealkylation sites (N-methyl/N-ethyl adjacent to an activating group) is 1. The fourth-order valence-corrected chi connectivity index (χ4v) is 2.34. The van der Waals surface area contributed by atoms with Gasteiger partial charge in [-0.1, -0.05) is 24.3 Å². The van der Waals surface area contributed by atoms with Gasteiger partial charge < -0.3 is 10.2 Å². The average molecular weight is 324 g/mol. The minimum atomic E-state index is 0.0130. The fraction of sp³-hybridized carbons (Fsp3) is 0.316. The van der Waals surface area contributed by atoms with E-state index in [4.69, 9.17) is 0 Å². The lowest BCUT2D eigenvalue weighted by Gasteiger charge is -2.21.